The van der Waals surface area contributed by atoms with Crippen LogP contribution in [-0.4, -0.2) is 68.6 Å². The third-order valence-electron chi connectivity index (χ3n) is 5.75. The summed E-state index contributed by atoms with van der Waals surface area (Å²) >= 11 is 0. The lowest BCUT2D eigenvalue weighted by molar-refractivity contribution is -0.145. The van der Waals surface area contributed by atoms with Crippen LogP contribution in [0.15, 0.2) is 21.5 Å². The number of aryl methyl sites for hydroxylation is 1. The van der Waals surface area contributed by atoms with Crippen molar-refractivity contribution in [3.05, 3.63) is 23.7 Å². The summed E-state index contributed by atoms with van der Waals surface area (Å²) < 4.78 is 10.9. The van der Waals surface area contributed by atoms with Crippen LogP contribution >= 0.6 is 0 Å². The van der Waals surface area contributed by atoms with E-state index in [-0.39, 0.29) is 23.8 Å². The Morgan fingerprint density at radius 3 is 2.70 bits per heavy atom. The van der Waals surface area contributed by atoms with E-state index in [2.05, 4.69) is 33.1 Å². The molecule has 27 heavy (non-hydrogen) atoms. The maximum absolute atomic E-state index is 12.0. The number of esters is 1. The highest BCUT2D eigenvalue weighted by Gasteiger charge is 2.37. The van der Waals surface area contributed by atoms with Gasteiger partial charge in [-0.15, -0.1) is 0 Å². The molecule has 0 amide bonds. The molecule has 7 nitrogen and oxygen atoms in total. The number of likely N-dealkylation sites (tertiary alicyclic amines) is 2. The standard InChI is InChI=1S/C20H32N4O3/c1-14-12-24(13-16(14)19(25)26-4)20(21-3)22-11-17(23-9-5-6-10-23)18-8-7-15(2)27-18/h7-8,14,16-17H,5-6,9-13H2,1-4H3,(H,21,22). The number of methoxy groups -OCH3 is 1. The summed E-state index contributed by atoms with van der Waals surface area (Å²) in [5.74, 6) is 2.78. The fourth-order valence-electron chi connectivity index (χ4n) is 4.21. The zero-order chi connectivity index (χ0) is 19.4. The molecular weight excluding hydrogens is 344 g/mol. The second-order valence-electron chi connectivity index (χ2n) is 7.65. The lowest BCUT2D eigenvalue weighted by Crippen LogP contribution is -2.44. The number of rotatable bonds is 5. The van der Waals surface area contributed by atoms with Crippen molar-refractivity contribution >= 4 is 11.9 Å². The summed E-state index contributed by atoms with van der Waals surface area (Å²) in [5, 5.41) is 3.52. The van der Waals surface area contributed by atoms with Gasteiger partial charge in [-0.3, -0.25) is 14.7 Å². The van der Waals surface area contributed by atoms with Gasteiger partial charge >= 0.3 is 5.97 Å². The number of furan rings is 1. The molecule has 2 saturated heterocycles. The van der Waals surface area contributed by atoms with Crippen LogP contribution in [0.25, 0.3) is 0 Å². The van der Waals surface area contributed by atoms with E-state index in [0.29, 0.717) is 6.54 Å². The van der Waals surface area contributed by atoms with E-state index in [1.54, 1.807) is 7.05 Å². The van der Waals surface area contributed by atoms with Crippen molar-refractivity contribution in [2.45, 2.75) is 32.7 Å². The summed E-state index contributed by atoms with van der Waals surface area (Å²) in [6.45, 7) is 8.43. The van der Waals surface area contributed by atoms with Crippen molar-refractivity contribution in [2.75, 3.05) is 46.9 Å². The van der Waals surface area contributed by atoms with Crippen LogP contribution in [0.3, 0.4) is 0 Å². The van der Waals surface area contributed by atoms with Crippen LogP contribution in [0.5, 0.6) is 0 Å². The number of aliphatic imine (C=N–C) groups is 1. The molecule has 3 atom stereocenters. The van der Waals surface area contributed by atoms with Crippen LogP contribution in [0.1, 0.15) is 37.3 Å². The highest BCUT2D eigenvalue weighted by Crippen LogP contribution is 2.27. The Balaban J connectivity index is 1.65. The Kier molecular flexibility index (Phi) is 6.42. The van der Waals surface area contributed by atoms with Gasteiger partial charge in [-0.2, -0.15) is 0 Å². The van der Waals surface area contributed by atoms with E-state index in [1.165, 1.54) is 20.0 Å². The minimum Gasteiger partial charge on any atom is -0.469 e. The summed E-state index contributed by atoms with van der Waals surface area (Å²) in [6, 6.07) is 4.29. The maximum atomic E-state index is 12.0. The minimum absolute atomic E-state index is 0.101. The van der Waals surface area contributed by atoms with E-state index in [1.807, 2.05) is 13.0 Å². The van der Waals surface area contributed by atoms with Crippen LogP contribution in [0.2, 0.25) is 0 Å². The van der Waals surface area contributed by atoms with Gasteiger partial charge in [0.1, 0.15) is 11.5 Å². The largest absolute Gasteiger partial charge is 0.469 e. The molecule has 0 saturated carbocycles. The Morgan fingerprint density at radius 1 is 1.37 bits per heavy atom. The lowest BCUT2D eigenvalue weighted by atomic mass is 9.99. The number of hydrogen-bond donors (Lipinski definition) is 1. The molecule has 0 aliphatic carbocycles. The number of carbonyl (C=O) groups is 1. The summed E-state index contributed by atoms with van der Waals surface area (Å²) in [5.41, 5.74) is 0. The van der Waals surface area contributed by atoms with Crippen LogP contribution in [0, 0.1) is 18.8 Å². The monoisotopic (exact) mass is 376 g/mol. The quantitative estimate of drug-likeness (QED) is 0.482. The molecule has 150 valence electrons. The maximum Gasteiger partial charge on any atom is 0.310 e. The molecule has 2 aliphatic heterocycles. The van der Waals surface area contributed by atoms with Gasteiger partial charge in [0.05, 0.1) is 19.1 Å². The second-order valence-corrected chi connectivity index (χ2v) is 7.65. The van der Waals surface area contributed by atoms with Crippen molar-refractivity contribution in [1.82, 2.24) is 15.1 Å². The average molecular weight is 377 g/mol. The molecule has 2 aliphatic rings. The Labute approximate surface area is 161 Å². The first-order chi connectivity index (χ1) is 13.0. The molecule has 3 rings (SSSR count). The molecule has 1 N–H and O–H groups in total. The van der Waals surface area contributed by atoms with Crippen LogP contribution in [0.4, 0.5) is 0 Å². The molecule has 7 heteroatoms. The third-order valence-corrected chi connectivity index (χ3v) is 5.75. The molecular formula is C20H32N4O3. The van der Waals surface area contributed by atoms with E-state index >= 15 is 0 Å². The molecule has 0 bridgehead atoms. The Hall–Kier alpha value is -2.02. The van der Waals surface area contributed by atoms with Crippen molar-refractivity contribution in [3.8, 4) is 0 Å². The van der Waals surface area contributed by atoms with Crippen molar-refractivity contribution in [3.63, 3.8) is 0 Å². The number of guanidine groups is 1. The first kappa shape index (κ1) is 19.7. The SMILES string of the molecule is CN=C(NCC(c1ccc(C)o1)N1CCCC1)N1CC(C)C(C(=O)OC)C1. The van der Waals surface area contributed by atoms with Gasteiger partial charge in [0.25, 0.3) is 0 Å². The molecule has 3 heterocycles. The minimum atomic E-state index is -0.138. The fraction of sp³-hybridized carbons (Fsp3) is 0.700. The topological polar surface area (TPSA) is 70.3 Å². The first-order valence-electron chi connectivity index (χ1n) is 9.87. The highest BCUT2D eigenvalue weighted by molar-refractivity contribution is 5.82. The van der Waals surface area contributed by atoms with Gasteiger partial charge in [-0.25, -0.2) is 0 Å². The molecule has 2 fully saturated rings. The molecule has 0 aromatic carbocycles. The van der Waals surface area contributed by atoms with E-state index < -0.39 is 0 Å². The number of ether oxygens (including phenoxy) is 1. The summed E-state index contributed by atoms with van der Waals surface area (Å²) in [7, 11) is 3.25. The van der Waals surface area contributed by atoms with Gasteiger partial charge < -0.3 is 19.4 Å². The third kappa shape index (κ3) is 4.46. The number of nitrogens with zero attached hydrogens (tertiary/aromatic N) is 3. The fourth-order valence-corrected chi connectivity index (χ4v) is 4.21. The average Bonchev–Trinajstić information content (AvgIpc) is 3.40. The van der Waals surface area contributed by atoms with Gasteiger partial charge in [0.2, 0.25) is 0 Å². The summed E-state index contributed by atoms with van der Waals surface area (Å²) in [4.78, 5) is 21.1. The molecule has 0 spiro atoms. The highest BCUT2D eigenvalue weighted by atomic mass is 16.5. The van der Waals surface area contributed by atoms with Crippen molar-refractivity contribution < 1.29 is 13.9 Å². The van der Waals surface area contributed by atoms with Crippen LogP contribution < -0.4 is 5.32 Å². The zero-order valence-corrected chi connectivity index (χ0v) is 16.9. The second kappa shape index (κ2) is 8.78. The predicted octanol–water partition coefficient (Wildman–Crippen LogP) is 2.04. The van der Waals surface area contributed by atoms with Gasteiger partial charge in [-0.1, -0.05) is 6.92 Å². The van der Waals surface area contributed by atoms with Gasteiger partial charge in [-0.05, 0) is 50.9 Å². The number of hydrogen-bond acceptors (Lipinski definition) is 5. The Bertz CT molecular complexity index is 666. The molecule has 1 aromatic heterocycles. The number of carbonyl (C=O) groups excluding carboxylic acids is 1. The first-order valence-corrected chi connectivity index (χ1v) is 9.87. The molecule has 1 aromatic rings. The summed E-state index contributed by atoms with van der Waals surface area (Å²) in [6.07, 6.45) is 2.46. The van der Waals surface area contributed by atoms with Gasteiger partial charge in [0, 0.05) is 26.7 Å². The van der Waals surface area contributed by atoms with E-state index in [9.17, 15) is 4.79 Å². The smallest absolute Gasteiger partial charge is 0.310 e. The normalized spacial score (nSPS) is 25.0. The number of nitrogens with one attached hydrogen (secondary N) is 1. The predicted molar refractivity (Wildman–Crippen MR) is 105 cm³/mol. The lowest BCUT2D eigenvalue weighted by Gasteiger charge is -2.28. The van der Waals surface area contributed by atoms with Crippen LogP contribution in [-0.2, 0) is 9.53 Å². The van der Waals surface area contributed by atoms with E-state index in [4.69, 9.17) is 9.15 Å². The molecule has 0 radical (unpaired) electrons. The van der Waals surface area contributed by atoms with Crippen molar-refractivity contribution in [1.29, 1.82) is 0 Å². The van der Waals surface area contributed by atoms with Crippen molar-refractivity contribution in [2.24, 2.45) is 16.8 Å². The molecule has 3 unspecified atom stereocenters. The zero-order valence-electron chi connectivity index (χ0n) is 16.9. The Morgan fingerprint density at radius 2 is 2.11 bits per heavy atom. The van der Waals surface area contributed by atoms with E-state index in [0.717, 1.165) is 43.7 Å². The van der Waals surface area contributed by atoms with Gasteiger partial charge in [0.15, 0.2) is 5.96 Å².